The molecular weight excluding hydrogens is 242 g/mol. The summed E-state index contributed by atoms with van der Waals surface area (Å²) in [5.74, 6) is 0.562. The lowest BCUT2D eigenvalue weighted by atomic mass is 10.1. The van der Waals surface area contributed by atoms with E-state index in [-0.39, 0.29) is 17.5 Å². The van der Waals surface area contributed by atoms with Crippen molar-refractivity contribution in [2.45, 2.75) is 71.6 Å². The standard InChI is InChI=1S/C15H27NO3/c1-3-14(18)10-6-7-11-15(19)16-12-8-4-5-9-13(2)17/h3-12H2,1-2H3,(H,16,19). The third-order valence-electron chi connectivity index (χ3n) is 3.03. The molecule has 0 fully saturated rings. The number of hydrogen-bond donors (Lipinski definition) is 1. The minimum atomic E-state index is 0.0653. The van der Waals surface area contributed by atoms with E-state index in [4.69, 9.17) is 0 Å². The molecule has 1 N–H and O–H groups in total. The lowest BCUT2D eigenvalue weighted by molar-refractivity contribution is -0.122. The van der Waals surface area contributed by atoms with Crippen molar-refractivity contribution < 1.29 is 14.4 Å². The highest BCUT2D eigenvalue weighted by Crippen LogP contribution is 2.03. The maximum Gasteiger partial charge on any atom is 0.219 e. The Morgan fingerprint density at radius 1 is 0.842 bits per heavy atom. The second-order valence-corrected chi connectivity index (χ2v) is 4.96. The molecule has 0 saturated heterocycles. The molecule has 4 nitrogen and oxygen atoms in total. The van der Waals surface area contributed by atoms with E-state index in [1.807, 2.05) is 6.92 Å². The number of Topliss-reactive ketones (excluding diaryl/α,β-unsaturated/α-hetero) is 2. The number of rotatable bonds is 12. The molecule has 0 aromatic rings. The van der Waals surface area contributed by atoms with Gasteiger partial charge in [0.25, 0.3) is 0 Å². The average Bonchev–Trinajstić information content (AvgIpc) is 2.38. The third kappa shape index (κ3) is 13.0. The SMILES string of the molecule is CCC(=O)CCCCC(=O)NCCCCCC(C)=O. The molecule has 0 radical (unpaired) electrons. The van der Waals surface area contributed by atoms with E-state index in [0.29, 0.717) is 32.2 Å². The van der Waals surface area contributed by atoms with Crippen LogP contribution in [0.5, 0.6) is 0 Å². The predicted octanol–water partition coefficient (Wildman–Crippen LogP) is 2.79. The van der Waals surface area contributed by atoms with Crippen molar-refractivity contribution in [1.29, 1.82) is 0 Å². The minimum Gasteiger partial charge on any atom is -0.356 e. The summed E-state index contributed by atoms with van der Waals surface area (Å²) in [6.07, 6.45) is 6.72. The third-order valence-corrected chi connectivity index (χ3v) is 3.03. The zero-order valence-electron chi connectivity index (χ0n) is 12.3. The first-order chi connectivity index (χ1) is 9.06. The van der Waals surface area contributed by atoms with Crippen molar-refractivity contribution >= 4 is 17.5 Å². The topological polar surface area (TPSA) is 63.2 Å². The summed E-state index contributed by atoms with van der Waals surface area (Å²) in [7, 11) is 0. The van der Waals surface area contributed by atoms with Crippen molar-refractivity contribution in [2.75, 3.05) is 6.54 Å². The van der Waals surface area contributed by atoms with Gasteiger partial charge in [0.2, 0.25) is 5.91 Å². The molecule has 110 valence electrons. The Morgan fingerprint density at radius 2 is 1.47 bits per heavy atom. The van der Waals surface area contributed by atoms with E-state index in [2.05, 4.69) is 5.32 Å². The molecule has 1 amide bonds. The normalized spacial score (nSPS) is 10.2. The van der Waals surface area contributed by atoms with Crippen LogP contribution in [0.25, 0.3) is 0 Å². The molecule has 0 aliphatic rings. The van der Waals surface area contributed by atoms with E-state index in [1.54, 1.807) is 6.92 Å². The maximum absolute atomic E-state index is 11.4. The Hall–Kier alpha value is -1.19. The molecule has 0 aromatic heterocycles. The molecule has 0 bridgehead atoms. The number of amides is 1. The fourth-order valence-electron chi connectivity index (χ4n) is 1.78. The highest BCUT2D eigenvalue weighted by Gasteiger charge is 2.02. The largest absolute Gasteiger partial charge is 0.356 e. The Balaban J connectivity index is 3.30. The maximum atomic E-state index is 11.4. The summed E-state index contributed by atoms with van der Waals surface area (Å²) in [6, 6.07) is 0. The van der Waals surface area contributed by atoms with E-state index in [0.717, 1.165) is 32.1 Å². The summed E-state index contributed by atoms with van der Waals surface area (Å²) in [5.41, 5.74) is 0. The van der Waals surface area contributed by atoms with E-state index in [9.17, 15) is 14.4 Å². The monoisotopic (exact) mass is 269 g/mol. The molecule has 0 saturated carbocycles. The summed E-state index contributed by atoms with van der Waals surface area (Å²) in [6.45, 7) is 4.15. The highest BCUT2D eigenvalue weighted by molar-refractivity contribution is 5.78. The number of ketones is 2. The van der Waals surface area contributed by atoms with E-state index in [1.165, 1.54) is 0 Å². The van der Waals surface area contributed by atoms with Gasteiger partial charge in [-0.1, -0.05) is 13.3 Å². The first-order valence-corrected chi connectivity index (χ1v) is 7.34. The van der Waals surface area contributed by atoms with Crippen molar-refractivity contribution in [2.24, 2.45) is 0 Å². The lowest BCUT2D eigenvalue weighted by Gasteiger charge is -2.04. The van der Waals surface area contributed by atoms with Gasteiger partial charge in [0, 0.05) is 32.2 Å². The van der Waals surface area contributed by atoms with Gasteiger partial charge in [-0.15, -0.1) is 0 Å². The molecule has 0 atom stereocenters. The molecule has 0 rings (SSSR count). The minimum absolute atomic E-state index is 0.0653. The van der Waals surface area contributed by atoms with Gasteiger partial charge < -0.3 is 10.1 Å². The van der Waals surface area contributed by atoms with Crippen LogP contribution < -0.4 is 5.32 Å². The fraction of sp³-hybridized carbons (Fsp3) is 0.800. The summed E-state index contributed by atoms with van der Waals surface area (Å²) >= 11 is 0. The Morgan fingerprint density at radius 3 is 2.11 bits per heavy atom. The highest BCUT2D eigenvalue weighted by atomic mass is 16.1. The zero-order chi connectivity index (χ0) is 14.5. The molecule has 0 aromatic carbocycles. The molecule has 0 unspecified atom stereocenters. The van der Waals surface area contributed by atoms with Gasteiger partial charge in [0.15, 0.2) is 0 Å². The second-order valence-electron chi connectivity index (χ2n) is 4.96. The molecule has 19 heavy (non-hydrogen) atoms. The lowest BCUT2D eigenvalue weighted by Crippen LogP contribution is -2.24. The Bertz CT molecular complexity index is 287. The Kier molecular flexibility index (Phi) is 11.1. The fourth-order valence-corrected chi connectivity index (χ4v) is 1.78. The van der Waals surface area contributed by atoms with Crippen LogP contribution in [-0.4, -0.2) is 24.0 Å². The van der Waals surface area contributed by atoms with Crippen molar-refractivity contribution in [3.05, 3.63) is 0 Å². The van der Waals surface area contributed by atoms with Gasteiger partial charge in [-0.25, -0.2) is 0 Å². The van der Waals surface area contributed by atoms with E-state index < -0.39 is 0 Å². The first-order valence-electron chi connectivity index (χ1n) is 7.34. The quantitative estimate of drug-likeness (QED) is 0.554. The summed E-state index contributed by atoms with van der Waals surface area (Å²) in [5, 5.41) is 2.86. The molecule has 4 heteroatoms. The smallest absolute Gasteiger partial charge is 0.219 e. The van der Waals surface area contributed by atoms with Gasteiger partial charge in [0.1, 0.15) is 11.6 Å². The predicted molar refractivity (Wildman–Crippen MR) is 75.9 cm³/mol. The molecule has 0 spiro atoms. The number of nitrogens with one attached hydrogen (secondary N) is 1. The van der Waals surface area contributed by atoms with Crippen molar-refractivity contribution in [3.8, 4) is 0 Å². The van der Waals surface area contributed by atoms with Crippen LogP contribution in [0.4, 0.5) is 0 Å². The Labute approximate surface area is 116 Å². The molecule has 0 heterocycles. The van der Waals surface area contributed by atoms with Crippen LogP contribution in [0, 0.1) is 0 Å². The number of unbranched alkanes of at least 4 members (excludes halogenated alkanes) is 3. The van der Waals surface area contributed by atoms with Gasteiger partial charge in [-0.2, -0.15) is 0 Å². The second kappa shape index (κ2) is 11.9. The van der Waals surface area contributed by atoms with Crippen LogP contribution >= 0.6 is 0 Å². The van der Waals surface area contributed by atoms with Crippen LogP contribution in [0.2, 0.25) is 0 Å². The number of hydrogen-bond acceptors (Lipinski definition) is 3. The van der Waals surface area contributed by atoms with Gasteiger partial charge in [-0.3, -0.25) is 9.59 Å². The van der Waals surface area contributed by atoms with Gasteiger partial charge >= 0.3 is 0 Å². The van der Waals surface area contributed by atoms with Crippen LogP contribution in [0.15, 0.2) is 0 Å². The zero-order valence-corrected chi connectivity index (χ0v) is 12.3. The van der Waals surface area contributed by atoms with Gasteiger partial charge in [0.05, 0.1) is 0 Å². The number of carbonyl (C=O) groups is 3. The van der Waals surface area contributed by atoms with Gasteiger partial charge in [-0.05, 0) is 32.6 Å². The average molecular weight is 269 g/mol. The van der Waals surface area contributed by atoms with Crippen LogP contribution in [-0.2, 0) is 14.4 Å². The van der Waals surface area contributed by atoms with Crippen LogP contribution in [0.1, 0.15) is 71.6 Å². The molecule has 0 aliphatic heterocycles. The molecule has 0 aliphatic carbocycles. The van der Waals surface area contributed by atoms with E-state index >= 15 is 0 Å². The molecular formula is C15H27NO3. The summed E-state index contributed by atoms with van der Waals surface area (Å²) in [4.78, 5) is 33.2. The summed E-state index contributed by atoms with van der Waals surface area (Å²) < 4.78 is 0. The first kappa shape index (κ1) is 17.8. The van der Waals surface area contributed by atoms with Crippen molar-refractivity contribution in [1.82, 2.24) is 5.32 Å². The van der Waals surface area contributed by atoms with Crippen molar-refractivity contribution in [3.63, 3.8) is 0 Å². The number of carbonyl (C=O) groups excluding carboxylic acids is 3. The van der Waals surface area contributed by atoms with Crippen LogP contribution in [0.3, 0.4) is 0 Å².